The molecule has 0 bridgehead atoms. The zero-order valence-corrected chi connectivity index (χ0v) is 13.2. The van der Waals surface area contributed by atoms with Gasteiger partial charge in [-0.1, -0.05) is 32.9 Å². The number of hydrogen-bond acceptors (Lipinski definition) is 1. The Labute approximate surface area is 123 Å². The predicted octanol–water partition coefficient (Wildman–Crippen LogP) is 4.56. The normalized spacial score (nSPS) is 27.2. The zero-order chi connectivity index (χ0) is 14.8. The van der Waals surface area contributed by atoms with E-state index < -0.39 is 0 Å². The minimum atomic E-state index is -0.155. The van der Waals surface area contributed by atoms with Crippen molar-refractivity contribution in [1.82, 2.24) is 5.32 Å². The molecule has 0 aromatic heterocycles. The fourth-order valence-electron chi connectivity index (χ4n) is 3.59. The lowest BCUT2D eigenvalue weighted by Gasteiger charge is -2.40. The SMILES string of the molecule is CC(Cc1ccc(F)cc1)NC1CCC(C)(C)CC1C. The van der Waals surface area contributed by atoms with Crippen molar-refractivity contribution < 1.29 is 4.39 Å². The van der Waals surface area contributed by atoms with E-state index >= 15 is 0 Å². The van der Waals surface area contributed by atoms with Crippen LogP contribution in [0.4, 0.5) is 4.39 Å². The van der Waals surface area contributed by atoms with Gasteiger partial charge in [0.2, 0.25) is 0 Å². The summed E-state index contributed by atoms with van der Waals surface area (Å²) in [6, 6.07) is 7.94. The summed E-state index contributed by atoms with van der Waals surface area (Å²) in [6.45, 7) is 9.35. The second-order valence-electron chi connectivity index (χ2n) is 7.39. The van der Waals surface area contributed by atoms with Crippen LogP contribution in [0.1, 0.15) is 52.5 Å². The Balaban J connectivity index is 1.85. The molecule has 1 aromatic rings. The summed E-state index contributed by atoms with van der Waals surface area (Å²) in [5.41, 5.74) is 1.70. The maximum absolute atomic E-state index is 12.9. The highest BCUT2D eigenvalue weighted by Gasteiger charge is 2.32. The first-order valence-corrected chi connectivity index (χ1v) is 7.86. The van der Waals surface area contributed by atoms with E-state index in [0.717, 1.165) is 12.3 Å². The molecule has 0 heterocycles. The van der Waals surface area contributed by atoms with E-state index in [9.17, 15) is 4.39 Å². The smallest absolute Gasteiger partial charge is 0.123 e. The second kappa shape index (κ2) is 6.26. The van der Waals surface area contributed by atoms with Crippen molar-refractivity contribution >= 4 is 0 Å². The lowest BCUT2D eigenvalue weighted by atomic mass is 9.70. The molecule has 1 N–H and O–H groups in total. The molecule has 0 radical (unpaired) electrons. The maximum Gasteiger partial charge on any atom is 0.123 e. The van der Waals surface area contributed by atoms with Gasteiger partial charge in [-0.25, -0.2) is 4.39 Å². The second-order valence-corrected chi connectivity index (χ2v) is 7.39. The third-order valence-corrected chi connectivity index (χ3v) is 4.65. The Morgan fingerprint density at radius 1 is 1.30 bits per heavy atom. The van der Waals surface area contributed by atoms with Crippen molar-refractivity contribution in [2.45, 2.75) is 65.5 Å². The zero-order valence-electron chi connectivity index (χ0n) is 13.2. The Kier molecular flexibility index (Phi) is 4.85. The van der Waals surface area contributed by atoms with Crippen LogP contribution in [0.5, 0.6) is 0 Å². The van der Waals surface area contributed by atoms with Gasteiger partial charge in [0.15, 0.2) is 0 Å². The summed E-state index contributed by atoms with van der Waals surface area (Å²) < 4.78 is 12.9. The van der Waals surface area contributed by atoms with Crippen LogP contribution in [0.3, 0.4) is 0 Å². The van der Waals surface area contributed by atoms with Crippen molar-refractivity contribution in [3.05, 3.63) is 35.6 Å². The standard InChI is InChI=1S/C18H28FN/c1-13-12-18(3,4)10-9-17(13)20-14(2)11-15-5-7-16(19)8-6-15/h5-8,13-14,17,20H,9-12H2,1-4H3. The summed E-state index contributed by atoms with van der Waals surface area (Å²) in [7, 11) is 0. The number of hydrogen-bond donors (Lipinski definition) is 1. The third-order valence-electron chi connectivity index (χ3n) is 4.65. The molecule has 0 spiro atoms. The van der Waals surface area contributed by atoms with E-state index in [2.05, 4.69) is 33.0 Å². The van der Waals surface area contributed by atoms with Crippen LogP contribution in [0.2, 0.25) is 0 Å². The van der Waals surface area contributed by atoms with Gasteiger partial charge in [0, 0.05) is 12.1 Å². The Morgan fingerprint density at radius 3 is 2.55 bits per heavy atom. The summed E-state index contributed by atoms with van der Waals surface area (Å²) >= 11 is 0. The van der Waals surface area contributed by atoms with Gasteiger partial charge in [-0.3, -0.25) is 0 Å². The fraction of sp³-hybridized carbons (Fsp3) is 0.667. The van der Waals surface area contributed by atoms with Gasteiger partial charge in [-0.15, -0.1) is 0 Å². The number of nitrogens with one attached hydrogen (secondary N) is 1. The molecule has 1 saturated carbocycles. The van der Waals surface area contributed by atoms with Crippen LogP contribution in [0, 0.1) is 17.2 Å². The first-order valence-electron chi connectivity index (χ1n) is 7.86. The van der Waals surface area contributed by atoms with E-state index in [1.165, 1.54) is 24.8 Å². The molecule has 112 valence electrons. The molecule has 3 unspecified atom stereocenters. The molecule has 1 aliphatic rings. The van der Waals surface area contributed by atoms with Gasteiger partial charge in [-0.2, -0.15) is 0 Å². The van der Waals surface area contributed by atoms with Crippen LogP contribution in [0.15, 0.2) is 24.3 Å². The summed E-state index contributed by atoms with van der Waals surface area (Å²) in [6.07, 6.45) is 4.83. The largest absolute Gasteiger partial charge is 0.311 e. The van der Waals surface area contributed by atoms with Crippen molar-refractivity contribution in [3.8, 4) is 0 Å². The monoisotopic (exact) mass is 277 g/mol. The molecule has 0 saturated heterocycles. The highest BCUT2D eigenvalue weighted by atomic mass is 19.1. The van der Waals surface area contributed by atoms with Crippen molar-refractivity contribution in [1.29, 1.82) is 0 Å². The molecular weight excluding hydrogens is 249 g/mol. The van der Waals surface area contributed by atoms with Gasteiger partial charge in [0.05, 0.1) is 0 Å². The highest BCUT2D eigenvalue weighted by molar-refractivity contribution is 5.17. The summed E-state index contributed by atoms with van der Waals surface area (Å²) in [5.74, 6) is 0.576. The van der Waals surface area contributed by atoms with Crippen LogP contribution in [-0.4, -0.2) is 12.1 Å². The van der Waals surface area contributed by atoms with Crippen LogP contribution in [-0.2, 0) is 6.42 Å². The molecule has 1 fully saturated rings. The molecular formula is C18H28FN. The fourth-order valence-corrected chi connectivity index (χ4v) is 3.59. The average Bonchev–Trinajstić information content (AvgIpc) is 2.35. The summed E-state index contributed by atoms with van der Waals surface area (Å²) in [4.78, 5) is 0. The van der Waals surface area contributed by atoms with E-state index in [1.807, 2.05) is 12.1 Å². The van der Waals surface area contributed by atoms with E-state index in [0.29, 0.717) is 17.5 Å². The van der Waals surface area contributed by atoms with Gasteiger partial charge in [0.1, 0.15) is 5.82 Å². The number of benzene rings is 1. The van der Waals surface area contributed by atoms with E-state index in [-0.39, 0.29) is 5.82 Å². The first-order chi connectivity index (χ1) is 9.35. The van der Waals surface area contributed by atoms with Crippen LogP contribution in [0.25, 0.3) is 0 Å². The van der Waals surface area contributed by atoms with Gasteiger partial charge >= 0.3 is 0 Å². The molecule has 1 aliphatic carbocycles. The molecule has 3 atom stereocenters. The number of rotatable bonds is 4. The predicted molar refractivity (Wildman–Crippen MR) is 83.3 cm³/mol. The van der Waals surface area contributed by atoms with Gasteiger partial charge in [0.25, 0.3) is 0 Å². The first kappa shape index (κ1) is 15.5. The van der Waals surface area contributed by atoms with E-state index in [4.69, 9.17) is 0 Å². The molecule has 2 rings (SSSR count). The minimum Gasteiger partial charge on any atom is -0.311 e. The Hall–Kier alpha value is -0.890. The maximum atomic E-state index is 12.9. The lowest BCUT2D eigenvalue weighted by Crippen LogP contribution is -2.46. The molecule has 1 aromatic carbocycles. The van der Waals surface area contributed by atoms with Gasteiger partial charge in [-0.05, 0) is 61.6 Å². The molecule has 0 amide bonds. The quantitative estimate of drug-likeness (QED) is 0.850. The van der Waals surface area contributed by atoms with Crippen molar-refractivity contribution in [2.24, 2.45) is 11.3 Å². The molecule has 20 heavy (non-hydrogen) atoms. The van der Waals surface area contributed by atoms with Crippen molar-refractivity contribution in [3.63, 3.8) is 0 Å². The highest BCUT2D eigenvalue weighted by Crippen LogP contribution is 2.38. The van der Waals surface area contributed by atoms with E-state index in [1.54, 1.807) is 12.1 Å². The topological polar surface area (TPSA) is 12.0 Å². The summed E-state index contributed by atoms with van der Waals surface area (Å²) in [5, 5.41) is 3.78. The Bertz CT molecular complexity index is 424. The Morgan fingerprint density at radius 2 is 1.95 bits per heavy atom. The van der Waals surface area contributed by atoms with Crippen LogP contribution >= 0.6 is 0 Å². The molecule has 1 nitrogen and oxygen atoms in total. The molecule has 0 aliphatic heterocycles. The average molecular weight is 277 g/mol. The van der Waals surface area contributed by atoms with Crippen molar-refractivity contribution in [2.75, 3.05) is 0 Å². The van der Waals surface area contributed by atoms with Crippen LogP contribution < -0.4 is 5.32 Å². The van der Waals surface area contributed by atoms with Gasteiger partial charge < -0.3 is 5.32 Å². The number of halogens is 1. The lowest BCUT2D eigenvalue weighted by molar-refractivity contribution is 0.142. The minimum absolute atomic E-state index is 0.155. The molecule has 2 heteroatoms. The third kappa shape index (κ3) is 4.31.